The second kappa shape index (κ2) is 20.4. The summed E-state index contributed by atoms with van der Waals surface area (Å²) in [7, 11) is 4.03. The number of carbonyl (C=O) groups excluding carboxylic acids is 2. The number of anilines is 3. The number of halogens is 1. The number of nitrogens with one attached hydrogen (secondary N) is 3. The highest BCUT2D eigenvalue weighted by Gasteiger charge is 2.48. The SMILES string of the molecule is CN(Cc1cccnc1)c1ccc2c(c1)C(=O)OC21CCN(c2nc3c(c(=O)[nH]2)CCCC3)CC1.CN(Cc1cccnc1)c1ccc2c(c1)C(=O)OC21CCNCC1.O=c1[nH]c(Cl)nc2c1CCCC2. The predicted octanol–water partition coefficient (Wildman–Crippen LogP) is 7.12. The number of esters is 2. The van der Waals surface area contributed by atoms with E-state index in [1.54, 1.807) is 12.4 Å². The van der Waals surface area contributed by atoms with Gasteiger partial charge in [0.15, 0.2) is 0 Å². The third-order valence-electron chi connectivity index (χ3n) is 14.8. The molecule has 0 amide bonds. The number of hydrogen-bond donors (Lipinski definition) is 3. The molecule has 2 spiro atoms. The minimum absolute atomic E-state index is 0.00874. The first kappa shape index (κ1) is 47.8. The Morgan fingerprint density at radius 2 is 1.13 bits per heavy atom. The molecule has 6 aliphatic rings. The van der Waals surface area contributed by atoms with Crippen LogP contribution in [-0.2, 0) is 59.4 Å². The van der Waals surface area contributed by atoms with Crippen molar-refractivity contribution >= 4 is 40.9 Å². The molecular formula is C54H59ClN10O6. The van der Waals surface area contributed by atoms with E-state index in [0.29, 0.717) is 49.6 Å². The standard InChI is InChI=1S/C27H29N5O3.C19H21N3O2.C8H9ClN2O/c1-31(17-18-5-4-12-28-16-18)19-8-9-22-21(15-19)25(34)35-27(22)10-13-32(14-11-27)26-29-23-7-3-2-6-20(23)24(33)30-26;1-22(13-14-3-2-8-21-12-14)15-4-5-17-16(11-15)18(23)24-19(17)6-9-20-10-7-19;9-8-10-6-4-2-1-3-5(6)7(12)11-8/h4-5,8-9,12,15-16H,2-3,6-7,10-11,13-14,17H2,1H3,(H,29,30,33);2-5,8,11-12,20H,6-7,9-10,13H2,1H3;1-4H2,(H,10,11,12). The predicted molar refractivity (Wildman–Crippen MR) is 271 cm³/mol. The maximum atomic E-state index is 12.9. The normalized spacial score (nSPS) is 17.8. The summed E-state index contributed by atoms with van der Waals surface area (Å²) in [6.45, 7) is 4.55. The van der Waals surface area contributed by atoms with Crippen LogP contribution in [0.25, 0.3) is 0 Å². The van der Waals surface area contributed by atoms with Gasteiger partial charge in [0.25, 0.3) is 11.1 Å². The van der Waals surface area contributed by atoms with E-state index in [2.05, 4.69) is 69.2 Å². The number of H-pyrrole nitrogens is 2. The Bertz CT molecular complexity index is 3040. The van der Waals surface area contributed by atoms with E-state index in [4.69, 9.17) is 26.1 Å². The first-order chi connectivity index (χ1) is 34.5. The number of aromatic nitrogens is 6. The van der Waals surface area contributed by atoms with Crippen molar-refractivity contribution in [3.63, 3.8) is 0 Å². The summed E-state index contributed by atoms with van der Waals surface area (Å²) in [4.78, 5) is 78.2. The second-order valence-electron chi connectivity index (χ2n) is 19.4. The molecule has 8 heterocycles. The van der Waals surface area contributed by atoms with Gasteiger partial charge in [-0.2, -0.15) is 0 Å². The van der Waals surface area contributed by atoms with Gasteiger partial charge in [-0.15, -0.1) is 0 Å². The van der Waals surface area contributed by atoms with Crippen molar-refractivity contribution in [3.8, 4) is 0 Å². The number of nitrogens with zero attached hydrogens (tertiary/aromatic N) is 7. The maximum Gasteiger partial charge on any atom is 0.339 e. The Morgan fingerprint density at radius 3 is 1.65 bits per heavy atom. The molecule has 0 unspecified atom stereocenters. The zero-order valence-corrected chi connectivity index (χ0v) is 41.0. The van der Waals surface area contributed by atoms with E-state index in [1.165, 1.54) is 0 Å². The molecule has 4 aromatic heterocycles. The Morgan fingerprint density at radius 1 is 0.634 bits per heavy atom. The molecule has 2 saturated heterocycles. The van der Waals surface area contributed by atoms with Crippen LogP contribution in [0.5, 0.6) is 0 Å². The third kappa shape index (κ3) is 10.0. The highest BCUT2D eigenvalue weighted by molar-refractivity contribution is 6.28. The number of hydrogen-bond acceptors (Lipinski definition) is 14. The number of aryl methyl sites for hydroxylation is 2. The average molecular weight is 980 g/mol. The van der Waals surface area contributed by atoms with Crippen LogP contribution in [-0.4, -0.2) is 82.1 Å². The quantitative estimate of drug-likeness (QED) is 0.108. The summed E-state index contributed by atoms with van der Waals surface area (Å²) in [6, 6.07) is 20.1. The van der Waals surface area contributed by atoms with Gasteiger partial charge in [-0.25, -0.2) is 19.6 Å². The Balaban J connectivity index is 0.000000139. The van der Waals surface area contributed by atoms with Crippen molar-refractivity contribution < 1.29 is 19.1 Å². The molecule has 12 rings (SSSR count). The number of pyridine rings is 2. The largest absolute Gasteiger partial charge is 0.450 e. The van der Waals surface area contributed by atoms with Gasteiger partial charge < -0.3 is 29.5 Å². The van der Waals surface area contributed by atoms with Crippen molar-refractivity contribution in [2.24, 2.45) is 0 Å². The smallest absolute Gasteiger partial charge is 0.339 e. The van der Waals surface area contributed by atoms with Crippen LogP contribution >= 0.6 is 11.6 Å². The zero-order valence-electron chi connectivity index (χ0n) is 40.3. The van der Waals surface area contributed by atoms with Crippen LogP contribution in [0, 0.1) is 0 Å². The van der Waals surface area contributed by atoms with Crippen LogP contribution in [0.1, 0.15) is 117 Å². The van der Waals surface area contributed by atoms with E-state index in [1.807, 2.05) is 62.9 Å². The van der Waals surface area contributed by atoms with Crippen LogP contribution in [0.4, 0.5) is 17.3 Å². The van der Waals surface area contributed by atoms with Gasteiger partial charge in [-0.3, -0.25) is 29.5 Å². The van der Waals surface area contributed by atoms with E-state index < -0.39 is 11.2 Å². The number of aromatic amines is 2. The minimum Gasteiger partial charge on any atom is -0.450 e. The summed E-state index contributed by atoms with van der Waals surface area (Å²) in [5.41, 5.74) is 9.99. The number of piperidine rings is 2. The van der Waals surface area contributed by atoms with Gasteiger partial charge in [0.2, 0.25) is 11.2 Å². The van der Waals surface area contributed by atoms with Crippen LogP contribution < -0.4 is 31.1 Å². The van der Waals surface area contributed by atoms with Crippen molar-refractivity contribution in [2.45, 2.75) is 101 Å². The molecule has 17 heteroatoms. The molecule has 6 aromatic rings. The van der Waals surface area contributed by atoms with E-state index in [0.717, 1.165) is 140 Å². The highest BCUT2D eigenvalue weighted by Crippen LogP contribution is 2.46. The lowest BCUT2D eigenvalue weighted by Gasteiger charge is -2.39. The monoisotopic (exact) mass is 978 g/mol. The fourth-order valence-electron chi connectivity index (χ4n) is 10.9. The van der Waals surface area contributed by atoms with Gasteiger partial charge in [0, 0.05) is 124 Å². The highest BCUT2D eigenvalue weighted by atomic mass is 35.5. The van der Waals surface area contributed by atoms with E-state index >= 15 is 0 Å². The fraction of sp³-hybridized carbons (Fsp3) is 0.407. The molecule has 0 atom stereocenters. The number of fused-ring (bicyclic) bond motifs is 6. The number of rotatable bonds is 7. The molecule has 3 N–H and O–H groups in total. The number of carbonyl (C=O) groups is 2. The topological polar surface area (TPSA) is 192 Å². The maximum absolute atomic E-state index is 12.9. The Labute approximate surface area is 417 Å². The lowest BCUT2D eigenvalue weighted by Crippen LogP contribution is -2.44. The lowest BCUT2D eigenvalue weighted by molar-refractivity contribution is -0.0244. The van der Waals surface area contributed by atoms with Gasteiger partial charge in [0.1, 0.15) is 11.2 Å². The van der Waals surface area contributed by atoms with Crippen molar-refractivity contribution in [3.05, 3.63) is 167 Å². The van der Waals surface area contributed by atoms with Crippen molar-refractivity contribution in [1.82, 2.24) is 35.2 Å². The summed E-state index contributed by atoms with van der Waals surface area (Å²) in [6.07, 6.45) is 18.0. The first-order valence-electron chi connectivity index (χ1n) is 24.8. The van der Waals surface area contributed by atoms with Crippen LogP contribution in [0.15, 0.2) is 95.0 Å². The second-order valence-corrected chi connectivity index (χ2v) is 19.8. The molecule has 368 valence electrons. The molecule has 2 aliphatic carbocycles. The molecular weight excluding hydrogens is 920 g/mol. The molecule has 0 radical (unpaired) electrons. The van der Waals surface area contributed by atoms with Gasteiger partial charge in [-0.05, 0) is 124 Å². The van der Waals surface area contributed by atoms with E-state index in [-0.39, 0.29) is 28.3 Å². The van der Waals surface area contributed by atoms with Gasteiger partial charge in [-0.1, -0.05) is 24.3 Å². The molecule has 0 bridgehead atoms. The van der Waals surface area contributed by atoms with Crippen molar-refractivity contribution in [2.75, 3.05) is 55.0 Å². The number of ether oxygens (including phenoxy) is 2. The molecule has 16 nitrogen and oxygen atoms in total. The van der Waals surface area contributed by atoms with Crippen molar-refractivity contribution in [1.29, 1.82) is 0 Å². The Kier molecular flexibility index (Phi) is 13.7. The first-order valence-corrected chi connectivity index (χ1v) is 25.2. The average Bonchev–Trinajstić information content (AvgIpc) is 3.81. The zero-order chi connectivity index (χ0) is 49.1. The molecule has 71 heavy (non-hydrogen) atoms. The Hall–Kier alpha value is -6.91. The lowest BCUT2D eigenvalue weighted by atomic mass is 9.83. The van der Waals surface area contributed by atoms with Gasteiger partial charge in [0.05, 0.1) is 22.5 Å². The molecule has 2 fully saturated rings. The summed E-state index contributed by atoms with van der Waals surface area (Å²) in [5, 5.41) is 3.54. The van der Waals surface area contributed by atoms with E-state index in [9.17, 15) is 19.2 Å². The molecule has 0 saturated carbocycles. The van der Waals surface area contributed by atoms with Gasteiger partial charge >= 0.3 is 11.9 Å². The minimum atomic E-state index is -0.613. The molecule has 2 aromatic carbocycles. The molecule has 4 aliphatic heterocycles. The number of benzene rings is 2. The third-order valence-corrected chi connectivity index (χ3v) is 15.0. The summed E-state index contributed by atoms with van der Waals surface area (Å²) >= 11 is 5.62. The van der Waals surface area contributed by atoms with Crippen LogP contribution in [0.2, 0.25) is 5.28 Å². The summed E-state index contributed by atoms with van der Waals surface area (Å²) < 4.78 is 11.8. The fourth-order valence-corrected chi connectivity index (χ4v) is 11.1. The summed E-state index contributed by atoms with van der Waals surface area (Å²) in [5.74, 6) is 0.191. The van der Waals surface area contributed by atoms with Crippen LogP contribution in [0.3, 0.4) is 0 Å².